The van der Waals surface area contributed by atoms with Crippen LogP contribution in [-0.4, -0.2) is 31.3 Å². The number of aromatic nitrogens is 4. The lowest BCUT2D eigenvalue weighted by atomic mass is 10.2. The minimum absolute atomic E-state index is 0.271. The minimum Gasteiger partial charge on any atom is -0.478 e. The van der Waals surface area contributed by atoms with Crippen molar-refractivity contribution in [3.05, 3.63) is 29.8 Å². The second-order valence-electron chi connectivity index (χ2n) is 4.04. The van der Waals surface area contributed by atoms with Gasteiger partial charge in [0.05, 0.1) is 11.6 Å². The summed E-state index contributed by atoms with van der Waals surface area (Å²) in [5.74, 6) is -0.941. The van der Waals surface area contributed by atoms with Crippen LogP contribution in [0.2, 0.25) is 0 Å². The Labute approximate surface area is 107 Å². The first-order chi connectivity index (χ1) is 8.75. The van der Waals surface area contributed by atoms with Gasteiger partial charge < -0.3 is 5.11 Å². The van der Waals surface area contributed by atoms with Gasteiger partial charge in [-0.15, -0.1) is 5.10 Å². The Hall–Kier alpha value is -1.89. The first-order valence-corrected chi connectivity index (χ1v) is 6.35. The van der Waals surface area contributed by atoms with Crippen molar-refractivity contribution >= 4 is 17.7 Å². The topological polar surface area (TPSA) is 80.9 Å². The Balaban J connectivity index is 1.92. The van der Waals surface area contributed by atoms with E-state index in [1.54, 1.807) is 28.9 Å². The summed E-state index contributed by atoms with van der Waals surface area (Å²) >= 11 is 1.29. The van der Waals surface area contributed by atoms with E-state index in [1.807, 2.05) is 0 Å². The zero-order chi connectivity index (χ0) is 12.5. The molecule has 1 saturated carbocycles. The molecule has 0 unspecified atom stereocenters. The number of carbonyl (C=O) groups is 1. The van der Waals surface area contributed by atoms with Gasteiger partial charge in [-0.1, -0.05) is 12.1 Å². The number of hydrogen-bond donors (Lipinski definition) is 1. The number of aromatic carboxylic acids is 1. The Morgan fingerprint density at radius 1 is 1.39 bits per heavy atom. The number of tetrazole rings is 1. The molecule has 0 bridgehead atoms. The van der Waals surface area contributed by atoms with Crippen LogP contribution in [0.1, 0.15) is 29.2 Å². The Morgan fingerprint density at radius 2 is 2.17 bits per heavy atom. The van der Waals surface area contributed by atoms with Crippen molar-refractivity contribution in [3.8, 4) is 0 Å². The molecule has 0 atom stereocenters. The molecule has 3 rings (SSSR count). The second kappa shape index (κ2) is 4.41. The van der Waals surface area contributed by atoms with Gasteiger partial charge in [0, 0.05) is 4.90 Å². The van der Waals surface area contributed by atoms with Gasteiger partial charge in [-0.2, -0.15) is 0 Å². The number of carboxylic acids is 1. The fraction of sp³-hybridized carbons (Fsp3) is 0.273. The second-order valence-corrected chi connectivity index (χ2v) is 5.05. The maximum Gasteiger partial charge on any atom is 0.336 e. The van der Waals surface area contributed by atoms with Gasteiger partial charge in [0.2, 0.25) is 5.16 Å². The maximum atomic E-state index is 11.1. The van der Waals surface area contributed by atoms with Crippen LogP contribution in [-0.2, 0) is 0 Å². The highest BCUT2D eigenvalue weighted by atomic mass is 32.2. The van der Waals surface area contributed by atoms with Crippen LogP contribution >= 0.6 is 11.8 Å². The molecular formula is C11H10N4O2S. The SMILES string of the molecule is O=C(O)c1ccccc1Sc1nnnn1C1CC1. The molecule has 1 aliphatic rings. The summed E-state index contributed by atoms with van der Waals surface area (Å²) in [5.41, 5.74) is 0.271. The lowest BCUT2D eigenvalue weighted by Crippen LogP contribution is -2.01. The number of hydrogen-bond acceptors (Lipinski definition) is 5. The number of nitrogens with zero attached hydrogens (tertiary/aromatic N) is 4. The largest absolute Gasteiger partial charge is 0.478 e. The van der Waals surface area contributed by atoms with Gasteiger partial charge >= 0.3 is 5.97 Å². The quantitative estimate of drug-likeness (QED) is 0.905. The van der Waals surface area contributed by atoms with E-state index in [4.69, 9.17) is 5.11 Å². The van der Waals surface area contributed by atoms with Crippen LogP contribution in [0, 0.1) is 0 Å². The van der Waals surface area contributed by atoms with Crippen molar-refractivity contribution in [1.82, 2.24) is 20.2 Å². The van der Waals surface area contributed by atoms with E-state index in [0.717, 1.165) is 12.8 Å². The minimum atomic E-state index is -0.941. The van der Waals surface area contributed by atoms with Crippen molar-refractivity contribution in [2.45, 2.75) is 28.9 Å². The normalized spacial score (nSPS) is 14.7. The summed E-state index contributed by atoms with van der Waals surface area (Å²) in [6, 6.07) is 7.23. The van der Waals surface area contributed by atoms with Gasteiger partial charge in [0.25, 0.3) is 0 Å². The van der Waals surface area contributed by atoms with Crippen LogP contribution < -0.4 is 0 Å². The average Bonchev–Trinajstić information content (AvgIpc) is 3.11. The van der Waals surface area contributed by atoms with E-state index in [-0.39, 0.29) is 5.56 Å². The van der Waals surface area contributed by atoms with Crippen LogP contribution in [0.25, 0.3) is 0 Å². The smallest absolute Gasteiger partial charge is 0.336 e. The highest BCUT2D eigenvalue weighted by molar-refractivity contribution is 7.99. The molecule has 1 aromatic heterocycles. The summed E-state index contributed by atoms with van der Waals surface area (Å²) < 4.78 is 1.77. The molecular weight excluding hydrogens is 252 g/mol. The standard InChI is InChI=1S/C11H10N4O2S/c16-10(17)8-3-1-2-4-9(8)18-11-12-13-14-15(11)7-5-6-7/h1-4,7H,5-6H2,(H,16,17). The van der Waals surface area contributed by atoms with Gasteiger partial charge in [0.1, 0.15) is 0 Å². The number of carboxylic acid groups (broad SMARTS) is 1. The zero-order valence-electron chi connectivity index (χ0n) is 9.35. The van der Waals surface area contributed by atoms with Gasteiger partial charge in [-0.25, -0.2) is 9.48 Å². The van der Waals surface area contributed by atoms with E-state index in [2.05, 4.69) is 15.5 Å². The first kappa shape index (κ1) is 11.2. The molecule has 0 radical (unpaired) electrons. The van der Waals surface area contributed by atoms with E-state index in [1.165, 1.54) is 11.8 Å². The van der Waals surface area contributed by atoms with E-state index in [9.17, 15) is 4.79 Å². The molecule has 0 spiro atoms. The van der Waals surface area contributed by atoms with Crippen LogP contribution in [0.4, 0.5) is 0 Å². The predicted molar refractivity (Wildman–Crippen MR) is 63.6 cm³/mol. The molecule has 18 heavy (non-hydrogen) atoms. The van der Waals surface area contributed by atoms with Crippen LogP contribution in [0.5, 0.6) is 0 Å². The summed E-state index contributed by atoms with van der Waals surface area (Å²) in [5, 5.41) is 21.3. The summed E-state index contributed by atoms with van der Waals surface area (Å²) in [6.45, 7) is 0. The van der Waals surface area contributed by atoms with Crippen molar-refractivity contribution in [2.75, 3.05) is 0 Å². The molecule has 92 valence electrons. The third kappa shape index (κ3) is 2.08. The van der Waals surface area contributed by atoms with Gasteiger partial charge in [-0.05, 0) is 47.2 Å². The van der Waals surface area contributed by atoms with Gasteiger partial charge in [0.15, 0.2) is 0 Å². The lowest BCUT2D eigenvalue weighted by Gasteiger charge is -2.05. The zero-order valence-corrected chi connectivity index (χ0v) is 10.2. The molecule has 2 aromatic rings. The van der Waals surface area contributed by atoms with Crippen molar-refractivity contribution in [3.63, 3.8) is 0 Å². The Kier molecular flexibility index (Phi) is 2.75. The number of benzene rings is 1. The predicted octanol–water partition coefficient (Wildman–Crippen LogP) is 1.86. The monoisotopic (exact) mass is 262 g/mol. The molecule has 1 fully saturated rings. The molecule has 6 nitrogen and oxygen atoms in total. The van der Waals surface area contributed by atoms with E-state index >= 15 is 0 Å². The highest BCUT2D eigenvalue weighted by Gasteiger charge is 2.28. The van der Waals surface area contributed by atoms with Crippen molar-refractivity contribution in [1.29, 1.82) is 0 Å². The maximum absolute atomic E-state index is 11.1. The van der Waals surface area contributed by atoms with E-state index in [0.29, 0.717) is 16.1 Å². The average molecular weight is 262 g/mol. The van der Waals surface area contributed by atoms with Gasteiger partial charge in [-0.3, -0.25) is 0 Å². The highest BCUT2D eigenvalue weighted by Crippen LogP contribution is 2.38. The summed E-state index contributed by atoms with van der Waals surface area (Å²) in [4.78, 5) is 11.8. The third-order valence-electron chi connectivity index (χ3n) is 2.67. The molecule has 0 saturated heterocycles. The van der Waals surface area contributed by atoms with Crippen LogP contribution in [0.3, 0.4) is 0 Å². The third-order valence-corrected chi connectivity index (χ3v) is 3.70. The molecule has 0 amide bonds. The lowest BCUT2D eigenvalue weighted by molar-refractivity contribution is 0.0693. The molecule has 0 aliphatic heterocycles. The summed E-state index contributed by atoms with van der Waals surface area (Å²) in [7, 11) is 0. The molecule has 1 aromatic carbocycles. The van der Waals surface area contributed by atoms with E-state index < -0.39 is 5.97 Å². The summed E-state index contributed by atoms with van der Waals surface area (Å²) in [6.07, 6.45) is 2.17. The molecule has 1 N–H and O–H groups in total. The van der Waals surface area contributed by atoms with Crippen molar-refractivity contribution < 1.29 is 9.90 Å². The Morgan fingerprint density at radius 3 is 2.89 bits per heavy atom. The fourth-order valence-corrected chi connectivity index (χ4v) is 2.60. The molecule has 1 aliphatic carbocycles. The fourth-order valence-electron chi connectivity index (χ4n) is 1.63. The first-order valence-electron chi connectivity index (χ1n) is 5.54. The van der Waals surface area contributed by atoms with Crippen molar-refractivity contribution in [2.24, 2.45) is 0 Å². The Bertz CT molecular complexity index is 594. The molecule has 7 heteroatoms. The number of rotatable bonds is 4. The van der Waals surface area contributed by atoms with Crippen LogP contribution in [0.15, 0.2) is 34.3 Å². The molecule has 1 heterocycles.